The van der Waals surface area contributed by atoms with E-state index < -0.39 is 0 Å². The van der Waals surface area contributed by atoms with Gasteiger partial charge in [0.05, 0.1) is 11.4 Å². The van der Waals surface area contributed by atoms with Gasteiger partial charge in [0, 0.05) is 18.7 Å². The lowest BCUT2D eigenvalue weighted by Gasteiger charge is -2.17. The number of hydrogen-bond acceptors (Lipinski definition) is 5. The Morgan fingerprint density at radius 1 is 1.15 bits per heavy atom. The van der Waals surface area contributed by atoms with Gasteiger partial charge in [-0.1, -0.05) is 74.7 Å². The molecule has 39 heavy (non-hydrogen) atoms. The van der Waals surface area contributed by atoms with Gasteiger partial charge in [0.15, 0.2) is 0 Å². The molecule has 0 aliphatic carbocycles. The molecular formula is C31H34ClN5O2. The first-order chi connectivity index (χ1) is 19.0. The topological polar surface area (TPSA) is 86.3 Å². The number of carbonyl (C=O) groups is 1. The number of nitrogens with two attached hydrogens (primary N) is 1. The molecule has 5 rings (SSSR count). The molecule has 2 aromatic carbocycles. The highest BCUT2D eigenvalue weighted by atomic mass is 35.5. The quantitative estimate of drug-likeness (QED) is 0.224. The second kappa shape index (κ2) is 11.9. The zero-order valence-electron chi connectivity index (χ0n) is 22.4. The van der Waals surface area contributed by atoms with Crippen molar-refractivity contribution in [2.45, 2.75) is 45.6 Å². The van der Waals surface area contributed by atoms with Crippen LogP contribution in [0.4, 0.5) is 5.82 Å². The third-order valence-corrected chi connectivity index (χ3v) is 7.67. The van der Waals surface area contributed by atoms with Gasteiger partial charge in [-0.2, -0.15) is 0 Å². The number of amides is 1. The van der Waals surface area contributed by atoms with Crippen molar-refractivity contribution >= 4 is 34.4 Å². The highest BCUT2D eigenvalue weighted by Crippen LogP contribution is 2.43. The molecule has 3 heterocycles. The minimum Gasteiger partial charge on any atom is -0.457 e. The van der Waals surface area contributed by atoms with Crippen LogP contribution in [0.25, 0.3) is 22.2 Å². The third kappa shape index (κ3) is 5.78. The number of carbonyl (C=O) groups excluding carboxylic acids is 1. The lowest BCUT2D eigenvalue weighted by atomic mass is 10.0. The van der Waals surface area contributed by atoms with Gasteiger partial charge >= 0.3 is 0 Å². The van der Waals surface area contributed by atoms with Gasteiger partial charge in [-0.3, -0.25) is 4.79 Å². The molecule has 1 unspecified atom stereocenters. The molecule has 1 fully saturated rings. The molecule has 4 aromatic rings. The third-order valence-electron chi connectivity index (χ3n) is 7.30. The zero-order valence-corrected chi connectivity index (χ0v) is 23.1. The first-order valence-corrected chi connectivity index (χ1v) is 13.9. The second-order valence-electron chi connectivity index (χ2n) is 10.2. The summed E-state index contributed by atoms with van der Waals surface area (Å²) in [5, 5.41) is 1.26. The molecule has 1 saturated heterocycles. The average molecular weight is 544 g/mol. The maximum Gasteiger partial charge on any atom is 0.246 e. The monoisotopic (exact) mass is 543 g/mol. The molecule has 8 heteroatoms. The fourth-order valence-electron chi connectivity index (χ4n) is 5.31. The number of ether oxygens (including phenoxy) is 1. The zero-order chi connectivity index (χ0) is 27.4. The first kappa shape index (κ1) is 26.8. The van der Waals surface area contributed by atoms with Crippen LogP contribution in [0.15, 0.2) is 73.1 Å². The number of rotatable bonds is 9. The number of allylic oxidation sites excluding steroid dienone is 1. The summed E-state index contributed by atoms with van der Waals surface area (Å²) in [5.41, 5.74) is 8.71. The maximum atomic E-state index is 12.9. The Hall–Kier alpha value is -3.84. The van der Waals surface area contributed by atoms with Crippen molar-refractivity contribution < 1.29 is 9.53 Å². The lowest BCUT2D eigenvalue weighted by Crippen LogP contribution is -2.27. The SMILES string of the molecule is CCCC(C)C/C=C/C(=O)N1CC[C@@H](n2c(Cl)c(-c3ccc(Oc4ccccc4)cc3)c3c(N)ncnc32)C1. The molecule has 1 amide bonds. The molecule has 0 saturated carbocycles. The Balaban J connectivity index is 1.40. The fourth-order valence-corrected chi connectivity index (χ4v) is 5.73. The fraction of sp³-hybridized carbons (Fsp3) is 0.323. The number of benzene rings is 2. The normalized spacial score (nSPS) is 16.3. The van der Waals surface area contributed by atoms with Crippen molar-refractivity contribution in [2.75, 3.05) is 18.8 Å². The van der Waals surface area contributed by atoms with E-state index in [2.05, 4.69) is 23.8 Å². The Kier molecular flexibility index (Phi) is 8.17. The summed E-state index contributed by atoms with van der Waals surface area (Å²) in [6.45, 7) is 5.63. The number of fused-ring (bicyclic) bond motifs is 1. The number of aromatic nitrogens is 3. The van der Waals surface area contributed by atoms with Crippen molar-refractivity contribution in [1.29, 1.82) is 0 Å². The van der Waals surface area contributed by atoms with Crippen LogP contribution in [0.5, 0.6) is 11.5 Å². The minimum absolute atomic E-state index is 0.0138. The van der Waals surface area contributed by atoms with Crippen molar-refractivity contribution in [3.63, 3.8) is 0 Å². The van der Waals surface area contributed by atoms with Gasteiger partial charge in [0.2, 0.25) is 5.91 Å². The summed E-state index contributed by atoms with van der Waals surface area (Å²) in [6, 6.07) is 17.4. The molecule has 0 radical (unpaired) electrons. The van der Waals surface area contributed by atoms with E-state index in [-0.39, 0.29) is 11.9 Å². The summed E-state index contributed by atoms with van der Waals surface area (Å²) in [7, 11) is 0. The van der Waals surface area contributed by atoms with Gasteiger partial charge in [-0.25, -0.2) is 9.97 Å². The second-order valence-corrected chi connectivity index (χ2v) is 10.5. The van der Waals surface area contributed by atoms with Crippen molar-refractivity contribution in [3.05, 3.63) is 78.2 Å². The standard InChI is InChI=1S/C31H34ClN5O2/c1-3-8-21(2)9-7-12-26(38)36-18-17-23(19-36)37-29(32)27(28-30(33)34-20-35-31(28)37)22-13-15-25(16-14-22)39-24-10-5-4-6-11-24/h4-7,10-16,20-21,23H,3,8-9,17-19H2,1-2H3,(H2,33,34,35)/b12-7+/t21?,23-/m1/s1. The number of nitrogens with zero attached hydrogens (tertiary/aromatic N) is 4. The highest BCUT2D eigenvalue weighted by Gasteiger charge is 2.31. The van der Waals surface area contributed by atoms with Gasteiger partial charge < -0.3 is 19.9 Å². The molecule has 0 spiro atoms. The average Bonchev–Trinajstić information content (AvgIpc) is 3.53. The number of hydrogen-bond donors (Lipinski definition) is 1. The molecule has 1 aliphatic heterocycles. The van der Waals surface area contributed by atoms with Crippen LogP contribution in [0.3, 0.4) is 0 Å². The predicted molar refractivity (Wildman–Crippen MR) is 157 cm³/mol. The molecule has 7 nitrogen and oxygen atoms in total. The van der Waals surface area contributed by atoms with E-state index in [9.17, 15) is 4.79 Å². The Morgan fingerprint density at radius 3 is 2.64 bits per heavy atom. The number of likely N-dealkylation sites (tertiary alicyclic amines) is 1. The lowest BCUT2D eigenvalue weighted by molar-refractivity contribution is -0.125. The van der Waals surface area contributed by atoms with Gasteiger partial charge in [-0.15, -0.1) is 0 Å². The van der Waals surface area contributed by atoms with Gasteiger partial charge in [-0.05, 0) is 54.7 Å². The molecule has 2 aromatic heterocycles. The maximum absolute atomic E-state index is 12.9. The number of nitrogen functional groups attached to an aromatic ring is 1. The van der Waals surface area contributed by atoms with Crippen LogP contribution in [0.1, 0.15) is 45.6 Å². The van der Waals surface area contributed by atoms with Crippen LogP contribution in [-0.4, -0.2) is 38.4 Å². The molecular weight excluding hydrogens is 510 g/mol. The molecule has 1 aliphatic rings. The Bertz CT molecular complexity index is 1470. The number of para-hydroxylation sites is 1. The van der Waals surface area contributed by atoms with Gasteiger partial charge in [0.25, 0.3) is 0 Å². The molecule has 202 valence electrons. The van der Waals surface area contributed by atoms with Crippen LogP contribution >= 0.6 is 11.6 Å². The summed E-state index contributed by atoms with van der Waals surface area (Å²) in [5.74, 6) is 2.48. The summed E-state index contributed by atoms with van der Waals surface area (Å²) >= 11 is 7.07. The van der Waals surface area contributed by atoms with E-state index in [1.165, 1.54) is 12.7 Å². The highest BCUT2D eigenvalue weighted by molar-refractivity contribution is 6.35. The molecule has 0 bridgehead atoms. The van der Waals surface area contributed by atoms with E-state index in [1.807, 2.05) is 70.1 Å². The van der Waals surface area contributed by atoms with Crippen LogP contribution in [-0.2, 0) is 4.79 Å². The van der Waals surface area contributed by atoms with Crippen molar-refractivity contribution in [3.8, 4) is 22.6 Å². The van der Waals surface area contributed by atoms with Crippen LogP contribution < -0.4 is 10.5 Å². The molecule has 2 atom stereocenters. The summed E-state index contributed by atoms with van der Waals surface area (Å²) in [4.78, 5) is 23.6. The van der Waals surface area contributed by atoms with Crippen molar-refractivity contribution in [1.82, 2.24) is 19.4 Å². The van der Waals surface area contributed by atoms with Crippen LogP contribution in [0.2, 0.25) is 5.15 Å². The number of anilines is 1. The largest absolute Gasteiger partial charge is 0.457 e. The van der Waals surface area contributed by atoms with E-state index >= 15 is 0 Å². The summed E-state index contributed by atoms with van der Waals surface area (Å²) < 4.78 is 7.97. The Morgan fingerprint density at radius 2 is 1.90 bits per heavy atom. The van der Waals surface area contributed by atoms with E-state index in [4.69, 9.17) is 22.1 Å². The van der Waals surface area contributed by atoms with E-state index in [0.717, 1.165) is 41.9 Å². The Labute approximate surface area is 234 Å². The summed E-state index contributed by atoms with van der Waals surface area (Å²) in [6.07, 6.45) is 9.20. The van der Waals surface area contributed by atoms with E-state index in [1.54, 1.807) is 6.08 Å². The van der Waals surface area contributed by atoms with Gasteiger partial charge in [0.1, 0.15) is 34.4 Å². The van der Waals surface area contributed by atoms with Crippen LogP contribution in [0, 0.1) is 5.92 Å². The van der Waals surface area contributed by atoms with Crippen molar-refractivity contribution in [2.24, 2.45) is 5.92 Å². The first-order valence-electron chi connectivity index (χ1n) is 13.5. The smallest absolute Gasteiger partial charge is 0.246 e. The number of halogens is 1. The van der Waals surface area contributed by atoms with E-state index in [0.29, 0.717) is 41.0 Å². The minimum atomic E-state index is -0.0138. The molecule has 2 N–H and O–H groups in total. The predicted octanol–water partition coefficient (Wildman–Crippen LogP) is 7.28.